The number of hydrogen-bond donors (Lipinski definition) is 3. The summed E-state index contributed by atoms with van der Waals surface area (Å²) in [6.45, 7) is 9.68. The van der Waals surface area contributed by atoms with E-state index in [0.717, 1.165) is 42.7 Å². The van der Waals surface area contributed by atoms with Gasteiger partial charge in [0.2, 0.25) is 0 Å². The molecule has 6 rings (SSSR count). The van der Waals surface area contributed by atoms with Gasteiger partial charge in [0.15, 0.2) is 11.5 Å². The van der Waals surface area contributed by atoms with Crippen molar-refractivity contribution >= 4 is 22.6 Å². The van der Waals surface area contributed by atoms with Crippen molar-refractivity contribution in [1.29, 1.82) is 0 Å². The van der Waals surface area contributed by atoms with Crippen LogP contribution in [0.15, 0.2) is 59.3 Å². The molecule has 0 unspecified atom stereocenters. The third kappa shape index (κ3) is 5.53. The molecule has 1 saturated heterocycles. The topological polar surface area (TPSA) is 125 Å². The fourth-order valence-electron chi connectivity index (χ4n) is 4.78. The van der Waals surface area contributed by atoms with Crippen LogP contribution in [0.25, 0.3) is 33.4 Å². The zero-order valence-electron chi connectivity index (χ0n) is 23.2. The molecule has 11 heteroatoms. The van der Waals surface area contributed by atoms with Gasteiger partial charge in [-0.3, -0.25) is 9.89 Å². The number of H-pyrrole nitrogens is 1. The van der Waals surface area contributed by atoms with Gasteiger partial charge >= 0.3 is 11.8 Å². The molecule has 210 valence electrons. The second kappa shape index (κ2) is 10.7. The Hall–Kier alpha value is -4.64. The molecule has 1 fully saturated rings. The molecular formula is C30H31FN8O2. The highest BCUT2D eigenvalue weighted by Gasteiger charge is 2.24. The minimum absolute atomic E-state index is 0.0302. The van der Waals surface area contributed by atoms with Crippen LogP contribution in [0.2, 0.25) is 0 Å². The first-order valence-corrected chi connectivity index (χ1v) is 13.6. The number of fused-ring (bicyclic) bond motifs is 1. The number of amides is 1. The van der Waals surface area contributed by atoms with E-state index in [1.54, 1.807) is 18.3 Å². The summed E-state index contributed by atoms with van der Waals surface area (Å²) < 4.78 is 20.2. The van der Waals surface area contributed by atoms with Crippen molar-refractivity contribution in [1.82, 2.24) is 36.0 Å². The van der Waals surface area contributed by atoms with Gasteiger partial charge in [-0.05, 0) is 29.8 Å². The van der Waals surface area contributed by atoms with Gasteiger partial charge < -0.3 is 20.1 Å². The van der Waals surface area contributed by atoms with Crippen molar-refractivity contribution in [3.63, 3.8) is 0 Å². The van der Waals surface area contributed by atoms with Crippen LogP contribution in [0.1, 0.15) is 42.8 Å². The van der Waals surface area contributed by atoms with Crippen LogP contribution in [-0.4, -0.2) is 57.4 Å². The average molecular weight is 555 g/mol. The number of aromatic amines is 1. The molecule has 0 aliphatic carbocycles. The molecule has 1 aliphatic rings. The van der Waals surface area contributed by atoms with E-state index in [1.165, 1.54) is 11.8 Å². The van der Waals surface area contributed by atoms with E-state index in [2.05, 4.69) is 65.1 Å². The van der Waals surface area contributed by atoms with Crippen LogP contribution in [0.5, 0.6) is 0 Å². The fourth-order valence-corrected chi connectivity index (χ4v) is 4.78. The lowest BCUT2D eigenvalue weighted by atomic mass is 9.96. The number of hydrogen-bond acceptors (Lipinski definition) is 8. The Balaban J connectivity index is 1.18. The molecule has 0 bridgehead atoms. The number of aromatic nitrogens is 5. The highest BCUT2D eigenvalue weighted by Crippen LogP contribution is 2.31. The smallest absolute Gasteiger partial charge is 0.315 e. The van der Waals surface area contributed by atoms with Gasteiger partial charge in [-0.1, -0.05) is 50.2 Å². The number of anilines is 1. The largest absolute Gasteiger partial charge is 0.369 e. The number of nitrogens with zero attached hydrogens (tertiary/aromatic N) is 5. The molecule has 41 heavy (non-hydrogen) atoms. The second-order valence-electron chi connectivity index (χ2n) is 11.1. The molecule has 2 aromatic carbocycles. The summed E-state index contributed by atoms with van der Waals surface area (Å²) in [5.74, 6) is -0.748. The van der Waals surface area contributed by atoms with Crippen LogP contribution in [0, 0.1) is 5.82 Å². The van der Waals surface area contributed by atoms with Crippen molar-refractivity contribution < 1.29 is 13.7 Å². The van der Waals surface area contributed by atoms with Crippen LogP contribution < -0.4 is 15.5 Å². The molecule has 3 N–H and O–H groups in total. The summed E-state index contributed by atoms with van der Waals surface area (Å²) >= 11 is 0. The Morgan fingerprint density at radius 1 is 1.05 bits per heavy atom. The van der Waals surface area contributed by atoms with E-state index in [9.17, 15) is 4.79 Å². The first-order valence-electron chi connectivity index (χ1n) is 13.6. The van der Waals surface area contributed by atoms with Crippen LogP contribution >= 0.6 is 0 Å². The maximum absolute atomic E-state index is 15.1. The average Bonchev–Trinajstić information content (AvgIpc) is 3.65. The molecule has 1 aliphatic heterocycles. The Labute approximate surface area is 236 Å². The zero-order valence-corrected chi connectivity index (χ0v) is 23.2. The van der Waals surface area contributed by atoms with Gasteiger partial charge in [0, 0.05) is 72.1 Å². The van der Waals surface area contributed by atoms with Gasteiger partial charge in [0.25, 0.3) is 0 Å². The van der Waals surface area contributed by atoms with Gasteiger partial charge in [-0.15, -0.1) is 0 Å². The molecule has 5 aromatic rings. The fraction of sp³-hybridized carbons (Fsp3) is 0.300. The summed E-state index contributed by atoms with van der Waals surface area (Å²) in [6.07, 6.45) is 1.80. The third-order valence-electron chi connectivity index (χ3n) is 7.16. The third-order valence-corrected chi connectivity index (χ3v) is 7.16. The Bertz CT molecular complexity index is 1700. The highest BCUT2D eigenvalue weighted by molar-refractivity contribution is 5.93. The summed E-state index contributed by atoms with van der Waals surface area (Å²) in [5.41, 5.74) is 5.00. The molecule has 0 saturated carbocycles. The van der Waals surface area contributed by atoms with Crippen molar-refractivity contribution in [2.75, 3.05) is 31.1 Å². The predicted molar refractivity (Wildman–Crippen MR) is 154 cm³/mol. The number of nitrogens with one attached hydrogen (secondary N) is 3. The van der Waals surface area contributed by atoms with E-state index in [0.29, 0.717) is 28.3 Å². The first kappa shape index (κ1) is 26.6. The van der Waals surface area contributed by atoms with Gasteiger partial charge in [-0.25, -0.2) is 9.37 Å². The van der Waals surface area contributed by atoms with Crippen LogP contribution in [-0.2, 0) is 12.0 Å². The molecular weight excluding hydrogens is 523 g/mol. The van der Waals surface area contributed by atoms with Crippen molar-refractivity contribution in [3.05, 3.63) is 77.8 Å². The van der Waals surface area contributed by atoms with E-state index < -0.39 is 11.7 Å². The van der Waals surface area contributed by atoms with Gasteiger partial charge in [0.05, 0.1) is 5.69 Å². The van der Waals surface area contributed by atoms with Crippen molar-refractivity contribution in [2.24, 2.45) is 0 Å². The molecule has 10 nitrogen and oxygen atoms in total. The number of benzene rings is 2. The van der Waals surface area contributed by atoms with Crippen molar-refractivity contribution in [2.45, 2.75) is 32.7 Å². The van der Waals surface area contributed by atoms with E-state index in [-0.39, 0.29) is 17.9 Å². The minimum Gasteiger partial charge on any atom is -0.369 e. The van der Waals surface area contributed by atoms with Gasteiger partial charge in [-0.2, -0.15) is 10.1 Å². The number of rotatable bonds is 6. The number of pyridine rings is 1. The molecule has 0 spiro atoms. The monoisotopic (exact) mass is 554 g/mol. The number of piperazine rings is 1. The minimum atomic E-state index is -0.560. The highest BCUT2D eigenvalue weighted by atomic mass is 19.1. The van der Waals surface area contributed by atoms with Crippen molar-refractivity contribution in [3.8, 4) is 22.4 Å². The first-order chi connectivity index (χ1) is 19.8. The summed E-state index contributed by atoms with van der Waals surface area (Å²) in [7, 11) is 0. The molecule has 0 radical (unpaired) electrons. The lowest BCUT2D eigenvalue weighted by Crippen LogP contribution is -2.43. The van der Waals surface area contributed by atoms with E-state index in [4.69, 9.17) is 4.52 Å². The zero-order chi connectivity index (χ0) is 28.6. The molecule has 3 aromatic heterocycles. The number of carbonyl (C=O) groups is 1. The lowest BCUT2D eigenvalue weighted by molar-refractivity contribution is 0.0906. The maximum atomic E-state index is 15.1. The normalized spacial score (nSPS) is 14.0. The van der Waals surface area contributed by atoms with Gasteiger partial charge in [0.1, 0.15) is 5.82 Å². The SMILES string of the molecule is CC(C)(C)c1noc(C(=O)NCc2ccc(-c3[nH]nc4ncc(-c5ccc(N6CCNCC6)cc5)cc34)cc2F)n1. The standard InChI is InChI=1S/C30H31FN8O2/c1-30(2,3)29-35-28(41-38-29)27(40)34-16-20-5-4-19(15-24(20)31)25-23-14-21(17-33-26(23)37-36-25)18-6-8-22(9-7-18)39-12-10-32-11-13-39/h4-9,14-15,17,32H,10-13,16H2,1-3H3,(H,34,40)(H,33,36,37). The molecule has 4 heterocycles. The molecule has 1 amide bonds. The Morgan fingerprint density at radius 3 is 2.51 bits per heavy atom. The maximum Gasteiger partial charge on any atom is 0.315 e. The van der Waals surface area contributed by atoms with Crippen LogP contribution in [0.4, 0.5) is 10.1 Å². The summed E-state index contributed by atoms with van der Waals surface area (Å²) in [5, 5.41) is 18.0. The summed E-state index contributed by atoms with van der Waals surface area (Å²) in [4.78, 5) is 23.5. The predicted octanol–water partition coefficient (Wildman–Crippen LogP) is 4.45. The Kier molecular flexibility index (Phi) is 6.96. The van der Waals surface area contributed by atoms with Crippen LogP contribution in [0.3, 0.4) is 0 Å². The summed E-state index contributed by atoms with van der Waals surface area (Å²) in [6, 6.07) is 15.3. The lowest BCUT2D eigenvalue weighted by Gasteiger charge is -2.29. The molecule has 0 atom stereocenters. The quantitative estimate of drug-likeness (QED) is 0.281. The van der Waals surface area contributed by atoms with E-state index in [1.807, 2.05) is 26.8 Å². The van der Waals surface area contributed by atoms with E-state index >= 15 is 4.39 Å². The Morgan fingerprint density at radius 2 is 1.80 bits per heavy atom. The number of carbonyl (C=O) groups excluding carboxylic acids is 1. The number of halogens is 1. The second-order valence-corrected chi connectivity index (χ2v) is 11.1.